The second-order valence-electron chi connectivity index (χ2n) is 9.10. The molecule has 1 aliphatic carbocycles. The lowest BCUT2D eigenvalue weighted by atomic mass is 9.90. The van der Waals surface area contributed by atoms with Crippen molar-refractivity contribution in [2.75, 3.05) is 13.2 Å². The molecule has 1 aliphatic heterocycles. The third-order valence-corrected chi connectivity index (χ3v) is 7.33. The highest BCUT2D eigenvalue weighted by molar-refractivity contribution is 6.34. The highest BCUT2D eigenvalue weighted by Crippen LogP contribution is 2.42. The summed E-state index contributed by atoms with van der Waals surface area (Å²) in [5, 5.41) is 1.21. The molecule has 35 heavy (non-hydrogen) atoms. The van der Waals surface area contributed by atoms with E-state index < -0.39 is 0 Å². The smallest absolute Gasteiger partial charge is 0.306 e. The number of benzene rings is 1. The molecule has 1 saturated heterocycles. The second-order valence-corrected chi connectivity index (χ2v) is 10.5. The van der Waals surface area contributed by atoms with E-state index >= 15 is 0 Å². The molecular weight excluding hydrogens is 507 g/mol. The molecular formula is C28H35Cl3O4. The molecule has 7 heteroatoms. The minimum atomic E-state index is -0.189. The highest BCUT2D eigenvalue weighted by atomic mass is 35.5. The van der Waals surface area contributed by atoms with Crippen LogP contribution in [0.25, 0.3) is 6.08 Å². The fraction of sp³-hybridized carbons (Fsp3) is 0.536. The van der Waals surface area contributed by atoms with Crippen molar-refractivity contribution < 1.29 is 19.0 Å². The van der Waals surface area contributed by atoms with Crippen LogP contribution in [0.15, 0.2) is 49.1 Å². The molecule has 1 aromatic rings. The molecule has 2 aliphatic rings. The zero-order valence-electron chi connectivity index (χ0n) is 20.1. The number of ether oxygens (including phenoxy) is 3. The van der Waals surface area contributed by atoms with Crippen molar-refractivity contribution in [2.24, 2.45) is 11.8 Å². The van der Waals surface area contributed by atoms with Gasteiger partial charge in [-0.3, -0.25) is 4.79 Å². The fourth-order valence-corrected chi connectivity index (χ4v) is 5.64. The van der Waals surface area contributed by atoms with Crippen molar-refractivity contribution in [3.63, 3.8) is 0 Å². The number of esters is 1. The molecule has 0 amide bonds. The van der Waals surface area contributed by atoms with Gasteiger partial charge in [0, 0.05) is 34.4 Å². The number of unbranched alkanes of at least 4 members (excludes halogenated alkanes) is 1. The minimum Gasteiger partial charge on any atom is -0.461 e. The van der Waals surface area contributed by atoms with Gasteiger partial charge in [0.1, 0.15) is 6.61 Å². The molecule has 5 atom stereocenters. The average Bonchev–Trinajstić information content (AvgIpc) is 3.12. The van der Waals surface area contributed by atoms with Gasteiger partial charge in [-0.15, -0.1) is 11.6 Å². The number of alkyl halides is 1. The summed E-state index contributed by atoms with van der Waals surface area (Å²) in [5.41, 5.74) is 0.950. The maximum atomic E-state index is 11.6. The standard InChI is InChI=1S/C28H35Cl3O4/c1-2-14-33-27(32)10-6-4-3-5-9-23-24(13-12-20-16-21(29)18-22(30)17-20)26(19-25(23)31)35-28-11-7-8-15-34-28/h2-3,5,12-13,16-18,23-26,28H,1,4,6-11,14-15,19H2/t23-,24-,25-,26-,28?/m1/s1. The third kappa shape index (κ3) is 9.59. The van der Waals surface area contributed by atoms with Gasteiger partial charge in [-0.05, 0) is 74.6 Å². The summed E-state index contributed by atoms with van der Waals surface area (Å²) < 4.78 is 17.3. The Morgan fingerprint density at radius 1 is 1.17 bits per heavy atom. The maximum Gasteiger partial charge on any atom is 0.306 e. The van der Waals surface area contributed by atoms with Crippen LogP contribution in [0.1, 0.15) is 56.9 Å². The topological polar surface area (TPSA) is 44.8 Å². The average molecular weight is 542 g/mol. The van der Waals surface area contributed by atoms with Gasteiger partial charge in [0.25, 0.3) is 0 Å². The van der Waals surface area contributed by atoms with Gasteiger partial charge in [0.05, 0.1) is 6.10 Å². The molecule has 0 bridgehead atoms. The SMILES string of the molecule is C=CCOC(=O)CCCC=CC[C@@H]1[C@@H](C=Cc2cc(Cl)cc(Cl)c2)[C@H](OC2CCCCO2)C[C@H]1Cl. The predicted molar refractivity (Wildman–Crippen MR) is 144 cm³/mol. The Balaban J connectivity index is 1.62. The fourth-order valence-electron chi connectivity index (χ4n) is 4.65. The lowest BCUT2D eigenvalue weighted by molar-refractivity contribution is -0.192. The third-order valence-electron chi connectivity index (χ3n) is 6.39. The first-order chi connectivity index (χ1) is 17.0. The van der Waals surface area contributed by atoms with E-state index in [0.29, 0.717) is 16.5 Å². The Hall–Kier alpha value is -1.30. The quantitative estimate of drug-likeness (QED) is 0.116. The van der Waals surface area contributed by atoms with Gasteiger partial charge in [0.15, 0.2) is 6.29 Å². The molecule has 0 N–H and O–H groups in total. The zero-order chi connectivity index (χ0) is 25.0. The first kappa shape index (κ1) is 28.3. The van der Waals surface area contributed by atoms with E-state index in [1.165, 1.54) is 0 Å². The maximum absolute atomic E-state index is 11.6. The van der Waals surface area contributed by atoms with E-state index in [1.54, 1.807) is 12.1 Å². The molecule has 1 saturated carbocycles. The van der Waals surface area contributed by atoms with Gasteiger partial charge in [-0.25, -0.2) is 0 Å². The van der Waals surface area contributed by atoms with Gasteiger partial charge >= 0.3 is 5.97 Å². The number of allylic oxidation sites excluding steroid dienone is 2. The molecule has 0 aromatic heterocycles. The van der Waals surface area contributed by atoms with Crippen LogP contribution < -0.4 is 0 Å². The Morgan fingerprint density at radius 2 is 1.97 bits per heavy atom. The summed E-state index contributed by atoms with van der Waals surface area (Å²) >= 11 is 19.2. The van der Waals surface area contributed by atoms with E-state index in [1.807, 2.05) is 12.1 Å². The van der Waals surface area contributed by atoms with Crippen LogP contribution in [0.2, 0.25) is 10.0 Å². The summed E-state index contributed by atoms with van der Waals surface area (Å²) in [6, 6.07) is 5.52. The minimum absolute atomic E-state index is 0.000258. The van der Waals surface area contributed by atoms with Crippen LogP contribution >= 0.6 is 34.8 Å². The van der Waals surface area contributed by atoms with Gasteiger partial charge < -0.3 is 14.2 Å². The summed E-state index contributed by atoms with van der Waals surface area (Å²) in [4.78, 5) is 11.6. The largest absolute Gasteiger partial charge is 0.461 e. The lowest BCUT2D eigenvalue weighted by Crippen LogP contribution is -2.30. The molecule has 192 valence electrons. The van der Waals surface area contributed by atoms with Crippen molar-refractivity contribution in [3.8, 4) is 0 Å². The van der Waals surface area contributed by atoms with Crippen molar-refractivity contribution >= 4 is 46.8 Å². The number of rotatable bonds is 12. The van der Waals surface area contributed by atoms with Crippen molar-refractivity contribution in [2.45, 2.75) is 69.1 Å². The van der Waals surface area contributed by atoms with Crippen molar-refractivity contribution in [3.05, 3.63) is 64.7 Å². The van der Waals surface area contributed by atoms with Crippen LogP contribution in [-0.4, -0.2) is 37.0 Å². The summed E-state index contributed by atoms with van der Waals surface area (Å²) in [6.07, 6.45) is 16.7. The molecule has 1 unspecified atom stereocenters. The number of hydrogen-bond acceptors (Lipinski definition) is 4. The normalized spacial score (nSPS) is 27.0. The highest BCUT2D eigenvalue weighted by Gasteiger charge is 2.42. The van der Waals surface area contributed by atoms with E-state index in [2.05, 4.69) is 30.9 Å². The predicted octanol–water partition coefficient (Wildman–Crippen LogP) is 8.01. The first-order valence-electron chi connectivity index (χ1n) is 12.4. The summed E-state index contributed by atoms with van der Waals surface area (Å²) in [5.74, 6) is 0.176. The molecule has 0 radical (unpaired) electrons. The van der Waals surface area contributed by atoms with E-state index in [4.69, 9.17) is 49.0 Å². The zero-order valence-corrected chi connectivity index (χ0v) is 22.3. The van der Waals surface area contributed by atoms with Gasteiger partial charge in [-0.1, -0.05) is 60.2 Å². The molecule has 2 fully saturated rings. The van der Waals surface area contributed by atoms with Gasteiger partial charge in [0.2, 0.25) is 0 Å². The molecule has 1 heterocycles. The number of halogens is 3. The van der Waals surface area contributed by atoms with Crippen LogP contribution in [0.4, 0.5) is 0 Å². The van der Waals surface area contributed by atoms with Crippen molar-refractivity contribution in [1.29, 1.82) is 0 Å². The number of hydrogen-bond donors (Lipinski definition) is 0. The van der Waals surface area contributed by atoms with Crippen LogP contribution in [0, 0.1) is 11.8 Å². The summed E-state index contributed by atoms with van der Waals surface area (Å²) in [7, 11) is 0. The van der Waals surface area contributed by atoms with Crippen LogP contribution in [0.3, 0.4) is 0 Å². The van der Waals surface area contributed by atoms with E-state index in [9.17, 15) is 4.79 Å². The monoisotopic (exact) mass is 540 g/mol. The Bertz CT molecular complexity index is 859. The molecule has 3 rings (SSSR count). The molecule has 4 nitrogen and oxygen atoms in total. The summed E-state index contributed by atoms with van der Waals surface area (Å²) in [6.45, 7) is 4.56. The second kappa shape index (κ2) is 15.1. The Morgan fingerprint density at radius 3 is 2.69 bits per heavy atom. The Kier molecular flexibility index (Phi) is 12.2. The van der Waals surface area contributed by atoms with Crippen LogP contribution in [0.5, 0.6) is 0 Å². The first-order valence-corrected chi connectivity index (χ1v) is 13.6. The van der Waals surface area contributed by atoms with E-state index in [-0.39, 0.29) is 42.2 Å². The van der Waals surface area contributed by atoms with Crippen molar-refractivity contribution in [1.82, 2.24) is 0 Å². The van der Waals surface area contributed by atoms with Crippen LogP contribution in [-0.2, 0) is 19.0 Å². The Labute approximate surface area is 224 Å². The lowest BCUT2D eigenvalue weighted by Gasteiger charge is -2.29. The molecule has 0 spiro atoms. The van der Waals surface area contributed by atoms with E-state index in [0.717, 1.165) is 57.1 Å². The number of carbonyl (C=O) groups is 1. The molecule has 1 aromatic carbocycles. The number of carbonyl (C=O) groups excluding carboxylic acids is 1. The van der Waals surface area contributed by atoms with Gasteiger partial charge in [-0.2, -0.15) is 0 Å².